The Kier molecular flexibility index (Phi) is 6.25. The molecular weight excluding hydrogens is 264 g/mol. The zero-order valence-corrected chi connectivity index (χ0v) is 14.7. The fourth-order valence-corrected chi connectivity index (χ4v) is 4.92. The molecule has 1 aliphatic carbocycles. The molecule has 2 nitrogen and oxygen atoms in total. The second kappa shape index (κ2) is 7.51. The number of hydrogen-bond acceptors (Lipinski definition) is 3. The first kappa shape index (κ1) is 16.6. The molecule has 1 saturated heterocycles. The topological polar surface area (TPSA) is 15.3 Å². The largest absolute Gasteiger partial charge is 0.316 e. The molecule has 20 heavy (non-hydrogen) atoms. The van der Waals surface area contributed by atoms with E-state index in [1.54, 1.807) is 0 Å². The van der Waals surface area contributed by atoms with Crippen molar-refractivity contribution in [3.63, 3.8) is 0 Å². The van der Waals surface area contributed by atoms with Crippen molar-refractivity contribution in [1.82, 2.24) is 10.2 Å². The molecule has 118 valence electrons. The summed E-state index contributed by atoms with van der Waals surface area (Å²) in [7, 11) is 0. The summed E-state index contributed by atoms with van der Waals surface area (Å²) in [4.78, 5) is 2.77. The molecule has 0 radical (unpaired) electrons. The zero-order valence-electron chi connectivity index (χ0n) is 13.8. The van der Waals surface area contributed by atoms with Gasteiger partial charge in [0.05, 0.1) is 0 Å². The van der Waals surface area contributed by atoms with E-state index in [0.29, 0.717) is 10.2 Å². The predicted octanol–water partition coefficient (Wildman–Crippen LogP) is 3.76. The van der Waals surface area contributed by atoms with Gasteiger partial charge in [0.15, 0.2) is 0 Å². The minimum absolute atomic E-state index is 0.482. The predicted molar refractivity (Wildman–Crippen MR) is 91.7 cm³/mol. The van der Waals surface area contributed by atoms with Crippen LogP contribution in [0.25, 0.3) is 0 Å². The smallest absolute Gasteiger partial charge is 0.0116 e. The van der Waals surface area contributed by atoms with Gasteiger partial charge in [0.2, 0.25) is 0 Å². The Bertz CT molecular complexity index is 285. The van der Waals surface area contributed by atoms with Crippen LogP contribution >= 0.6 is 11.8 Å². The molecule has 2 fully saturated rings. The second-order valence-corrected chi connectivity index (χ2v) is 9.28. The van der Waals surface area contributed by atoms with Crippen LogP contribution in [0, 0.1) is 5.41 Å². The van der Waals surface area contributed by atoms with Gasteiger partial charge in [0, 0.05) is 30.1 Å². The maximum absolute atomic E-state index is 3.65. The SMILES string of the molecule is CCNCC1(CN2CCSC(C)(C)CC2)CCCCC1. The van der Waals surface area contributed by atoms with Gasteiger partial charge in [-0.25, -0.2) is 0 Å². The van der Waals surface area contributed by atoms with Gasteiger partial charge in [-0.3, -0.25) is 0 Å². The summed E-state index contributed by atoms with van der Waals surface area (Å²) in [6.45, 7) is 13.3. The highest BCUT2D eigenvalue weighted by molar-refractivity contribution is 8.00. The highest BCUT2D eigenvalue weighted by atomic mass is 32.2. The van der Waals surface area contributed by atoms with Gasteiger partial charge >= 0.3 is 0 Å². The van der Waals surface area contributed by atoms with Crippen LogP contribution in [0.3, 0.4) is 0 Å². The Labute approximate surface area is 130 Å². The van der Waals surface area contributed by atoms with Crippen molar-refractivity contribution in [3.8, 4) is 0 Å². The fourth-order valence-electron chi connectivity index (χ4n) is 3.78. The van der Waals surface area contributed by atoms with Crippen LogP contribution in [0.4, 0.5) is 0 Å². The van der Waals surface area contributed by atoms with Gasteiger partial charge in [-0.2, -0.15) is 11.8 Å². The van der Waals surface area contributed by atoms with Gasteiger partial charge in [-0.05, 0) is 37.8 Å². The van der Waals surface area contributed by atoms with Gasteiger partial charge in [0.1, 0.15) is 0 Å². The van der Waals surface area contributed by atoms with E-state index in [4.69, 9.17) is 0 Å². The van der Waals surface area contributed by atoms with Gasteiger partial charge < -0.3 is 10.2 Å². The summed E-state index contributed by atoms with van der Waals surface area (Å²) in [6.07, 6.45) is 8.56. The molecule has 0 unspecified atom stereocenters. The summed E-state index contributed by atoms with van der Waals surface area (Å²) in [5.74, 6) is 1.31. The zero-order chi connectivity index (χ0) is 14.5. The van der Waals surface area contributed by atoms with Gasteiger partial charge in [0.25, 0.3) is 0 Å². The molecule has 0 bridgehead atoms. The third kappa shape index (κ3) is 4.92. The Hall–Kier alpha value is 0.270. The molecule has 0 aromatic rings. The molecule has 0 aromatic carbocycles. The quantitative estimate of drug-likeness (QED) is 0.832. The van der Waals surface area contributed by atoms with E-state index in [1.807, 2.05) is 0 Å². The molecule has 0 spiro atoms. The number of hydrogen-bond donors (Lipinski definition) is 1. The van der Waals surface area contributed by atoms with Crippen molar-refractivity contribution in [2.75, 3.05) is 38.5 Å². The van der Waals surface area contributed by atoms with E-state index in [1.165, 1.54) is 70.5 Å². The lowest BCUT2D eigenvalue weighted by Crippen LogP contribution is -2.46. The first-order valence-electron chi connectivity index (χ1n) is 8.62. The monoisotopic (exact) mass is 298 g/mol. The fraction of sp³-hybridized carbons (Fsp3) is 1.00. The lowest BCUT2D eigenvalue weighted by atomic mass is 9.73. The van der Waals surface area contributed by atoms with Crippen molar-refractivity contribution >= 4 is 11.8 Å². The Morgan fingerprint density at radius 3 is 2.50 bits per heavy atom. The van der Waals surface area contributed by atoms with Crippen LogP contribution in [-0.2, 0) is 0 Å². The molecule has 2 rings (SSSR count). The molecule has 0 aromatic heterocycles. The Morgan fingerprint density at radius 2 is 1.80 bits per heavy atom. The lowest BCUT2D eigenvalue weighted by Gasteiger charge is -2.41. The first-order valence-corrected chi connectivity index (χ1v) is 9.61. The van der Waals surface area contributed by atoms with E-state index >= 15 is 0 Å². The van der Waals surface area contributed by atoms with E-state index in [-0.39, 0.29) is 0 Å². The second-order valence-electron chi connectivity index (χ2n) is 7.48. The van der Waals surface area contributed by atoms with E-state index in [9.17, 15) is 0 Å². The molecule has 1 N–H and O–H groups in total. The summed E-state index contributed by atoms with van der Waals surface area (Å²) in [5.41, 5.74) is 0.563. The number of nitrogens with zero attached hydrogens (tertiary/aromatic N) is 1. The van der Waals surface area contributed by atoms with Crippen molar-refractivity contribution in [2.24, 2.45) is 5.41 Å². The number of rotatable bonds is 5. The average molecular weight is 299 g/mol. The minimum atomic E-state index is 0.482. The molecule has 1 aliphatic heterocycles. The third-order valence-electron chi connectivity index (χ3n) is 5.15. The number of thioether (sulfide) groups is 1. The molecule has 1 heterocycles. The molecule has 0 amide bonds. The van der Waals surface area contributed by atoms with Crippen LogP contribution in [0.2, 0.25) is 0 Å². The standard InChI is InChI=1S/C17H34N2S/c1-4-18-14-17(8-6-5-7-9-17)15-19-11-10-16(2,3)20-13-12-19/h18H,4-15H2,1-3H3. The molecular formula is C17H34N2S. The first-order chi connectivity index (χ1) is 9.55. The van der Waals surface area contributed by atoms with Crippen LogP contribution < -0.4 is 5.32 Å². The summed E-state index contributed by atoms with van der Waals surface area (Å²) in [6, 6.07) is 0. The van der Waals surface area contributed by atoms with Crippen LogP contribution in [0.5, 0.6) is 0 Å². The van der Waals surface area contributed by atoms with Crippen molar-refractivity contribution in [3.05, 3.63) is 0 Å². The maximum atomic E-state index is 3.65. The molecule has 0 atom stereocenters. The Morgan fingerprint density at radius 1 is 1.05 bits per heavy atom. The van der Waals surface area contributed by atoms with E-state index in [2.05, 4.69) is 42.7 Å². The minimum Gasteiger partial charge on any atom is -0.316 e. The average Bonchev–Trinajstić information content (AvgIpc) is 2.59. The van der Waals surface area contributed by atoms with Crippen LogP contribution in [0.1, 0.15) is 59.3 Å². The third-order valence-corrected chi connectivity index (χ3v) is 6.53. The Balaban J connectivity index is 1.93. The summed E-state index contributed by atoms with van der Waals surface area (Å²) >= 11 is 2.17. The van der Waals surface area contributed by atoms with Crippen LogP contribution in [0.15, 0.2) is 0 Å². The highest BCUT2D eigenvalue weighted by Gasteiger charge is 2.34. The van der Waals surface area contributed by atoms with E-state index < -0.39 is 0 Å². The van der Waals surface area contributed by atoms with Gasteiger partial charge in [-0.1, -0.05) is 40.0 Å². The summed E-state index contributed by atoms with van der Waals surface area (Å²) < 4.78 is 0.482. The van der Waals surface area contributed by atoms with E-state index in [0.717, 1.165) is 6.54 Å². The van der Waals surface area contributed by atoms with Crippen molar-refractivity contribution < 1.29 is 0 Å². The maximum Gasteiger partial charge on any atom is 0.0116 e. The van der Waals surface area contributed by atoms with Crippen molar-refractivity contribution in [1.29, 1.82) is 0 Å². The van der Waals surface area contributed by atoms with Crippen molar-refractivity contribution in [2.45, 2.75) is 64.0 Å². The normalized spacial score (nSPS) is 27.1. The number of nitrogens with one attached hydrogen (secondary N) is 1. The molecule has 3 heteroatoms. The molecule has 1 saturated carbocycles. The van der Waals surface area contributed by atoms with Gasteiger partial charge in [-0.15, -0.1) is 0 Å². The lowest BCUT2D eigenvalue weighted by molar-refractivity contribution is 0.106. The molecule has 2 aliphatic rings. The van der Waals surface area contributed by atoms with Crippen LogP contribution in [-0.4, -0.2) is 48.1 Å². The highest BCUT2D eigenvalue weighted by Crippen LogP contribution is 2.38. The summed E-state index contributed by atoms with van der Waals surface area (Å²) in [5, 5.41) is 3.65.